The molecule has 1 aliphatic carbocycles. The molecule has 0 nitrogen and oxygen atoms in total. The van der Waals surface area contributed by atoms with Crippen LogP contribution in [0.4, 0.5) is 13.2 Å². The highest BCUT2D eigenvalue weighted by Crippen LogP contribution is 2.39. The molecule has 0 atom stereocenters. The predicted octanol–water partition coefficient (Wildman–Crippen LogP) is 10.8. The summed E-state index contributed by atoms with van der Waals surface area (Å²) in [5.41, 5.74) is 3.53. The summed E-state index contributed by atoms with van der Waals surface area (Å²) in [7, 11) is 0. The maximum absolute atomic E-state index is 15.2. The lowest BCUT2D eigenvalue weighted by Gasteiger charge is -2.29. The fourth-order valence-electron chi connectivity index (χ4n) is 5.76. The summed E-state index contributed by atoms with van der Waals surface area (Å²) >= 11 is 0. The number of halogens is 3. The van der Waals surface area contributed by atoms with E-state index in [0.717, 1.165) is 42.7 Å². The molecule has 0 amide bonds. The van der Waals surface area contributed by atoms with Crippen LogP contribution in [0.1, 0.15) is 88.2 Å². The number of hydrogen-bond acceptors (Lipinski definition) is 0. The summed E-state index contributed by atoms with van der Waals surface area (Å²) < 4.78 is 44.6. The average molecular weight is 505 g/mol. The van der Waals surface area contributed by atoms with Crippen molar-refractivity contribution in [2.24, 2.45) is 5.92 Å². The van der Waals surface area contributed by atoms with Gasteiger partial charge in [0.15, 0.2) is 11.6 Å². The summed E-state index contributed by atoms with van der Waals surface area (Å²) in [5.74, 6) is -0.582. The first-order chi connectivity index (χ1) is 18.0. The van der Waals surface area contributed by atoms with Crippen molar-refractivity contribution in [2.45, 2.75) is 83.5 Å². The summed E-state index contributed by atoms with van der Waals surface area (Å²) in [6.45, 7) is 5.91. The Morgan fingerprint density at radius 2 is 1.46 bits per heavy atom. The van der Waals surface area contributed by atoms with Crippen molar-refractivity contribution >= 4 is 0 Å². The van der Waals surface area contributed by atoms with Gasteiger partial charge in [0.05, 0.1) is 0 Å². The zero-order chi connectivity index (χ0) is 26.2. The molecule has 1 saturated carbocycles. The first-order valence-electron chi connectivity index (χ1n) is 14.0. The molecule has 0 unspecified atom stereocenters. The zero-order valence-corrected chi connectivity index (χ0v) is 22.0. The smallest absolute Gasteiger partial charge is 0.166 e. The van der Waals surface area contributed by atoms with Crippen LogP contribution in [0.15, 0.2) is 67.3 Å². The monoisotopic (exact) mass is 504 g/mol. The lowest BCUT2D eigenvalue weighted by Crippen LogP contribution is -2.13. The van der Waals surface area contributed by atoms with Crippen LogP contribution >= 0.6 is 0 Å². The molecule has 0 aliphatic heterocycles. The molecule has 3 heteroatoms. The minimum absolute atomic E-state index is 0.220. The number of aryl methyl sites for hydroxylation is 1. The van der Waals surface area contributed by atoms with Gasteiger partial charge in [0.25, 0.3) is 0 Å². The number of benzene rings is 3. The van der Waals surface area contributed by atoms with Gasteiger partial charge in [-0.3, -0.25) is 0 Å². The van der Waals surface area contributed by atoms with E-state index in [1.54, 1.807) is 48.5 Å². The first-order valence-corrected chi connectivity index (χ1v) is 14.0. The largest absolute Gasteiger partial charge is 0.206 e. The van der Waals surface area contributed by atoms with E-state index in [9.17, 15) is 8.78 Å². The quantitative estimate of drug-likeness (QED) is 0.180. The van der Waals surface area contributed by atoms with Gasteiger partial charge >= 0.3 is 0 Å². The van der Waals surface area contributed by atoms with Crippen LogP contribution in [0.2, 0.25) is 0 Å². The standard InChI is InChI=1S/C34H39F3/c1-3-5-7-9-24-11-13-25(14-12-24)29-20-21-30(32(35)23-29)26-15-17-27(18-16-26)31-22-19-28(10-8-6-4-2)33(36)34(31)37/h4,15-25H,2-3,5-14H2,1H3. The van der Waals surface area contributed by atoms with Crippen LogP contribution in [0.5, 0.6) is 0 Å². The van der Waals surface area contributed by atoms with Crippen molar-refractivity contribution in [3.63, 3.8) is 0 Å². The number of unbranched alkanes of at least 4 members (excludes halogenated alkanes) is 3. The molecule has 0 aromatic heterocycles. The fraction of sp³-hybridized carbons (Fsp3) is 0.412. The Labute approximate surface area is 220 Å². The fourth-order valence-corrected chi connectivity index (χ4v) is 5.76. The average Bonchev–Trinajstić information content (AvgIpc) is 2.92. The van der Waals surface area contributed by atoms with Gasteiger partial charge < -0.3 is 0 Å². The van der Waals surface area contributed by atoms with Crippen molar-refractivity contribution in [3.8, 4) is 22.3 Å². The van der Waals surface area contributed by atoms with Crippen molar-refractivity contribution in [2.75, 3.05) is 0 Å². The molecular weight excluding hydrogens is 465 g/mol. The normalized spacial score (nSPS) is 17.6. The summed E-state index contributed by atoms with van der Waals surface area (Å²) in [6, 6.07) is 15.9. The molecule has 37 heavy (non-hydrogen) atoms. The van der Waals surface area contributed by atoms with Gasteiger partial charge in [-0.15, -0.1) is 6.58 Å². The molecular formula is C34H39F3. The molecule has 0 bridgehead atoms. The topological polar surface area (TPSA) is 0 Å². The molecule has 0 radical (unpaired) electrons. The van der Waals surface area contributed by atoms with Gasteiger partial charge in [-0.2, -0.15) is 0 Å². The summed E-state index contributed by atoms with van der Waals surface area (Å²) in [4.78, 5) is 0. The van der Waals surface area contributed by atoms with E-state index < -0.39 is 11.6 Å². The third kappa shape index (κ3) is 6.74. The van der Waals surface area contributed by atoms with Crippen LogP contribution in [0.25, 0.3) is 22.3 Å². The first kappa shape index (κ1) is 27.2. The molecule has 0 saturated heterocycles. The summed E-state index contributed by atoms with van der Waals surface area (Å²) in [6.07, 6.45) is 13.8. The lowest BCUT2D eigenvalue weighted by atomic mass is 9.77. The highest BCUT2D eigenvalue weighted by atomic mass is 19.2. The van der Waals surface area contributed by atoms with Crippen LogP contribution < -0.4 is 0 Å². The molecule has 3 aromatic rings. The maximum atomic E-state index is 15.2. The van der Waals surface area contributed by atoms with Crippen LogP contribution in [0.3, 0.4) is 0 Å². The van der Waals surface area contributed by atoms with Gasteiger partial charge in [0.1, 0.15) is 5.82 Å². The Hall–Kier alpha value is -2.81. The van der Waals surface area contributed by atoms with Crippen LogP contribution in [0, 0.1) is 23.4 Å². The molecule has 1 aliphatic rings. The Bertz CT molecular complexity index is 1170. The minimum Gasteiger partial charge on any atom is -0.206 e. The second kappa shape index (κ2) is 13.1. The van der Waals surface area contributed by atoms with Crippen molar-refractivity contribution in [1.29, 1.82) is 0 Å². The molecule has 196 valence electrons. The van der Waals surface area contributed by atoms with Crippen LogP contribution in [-0.2, 0) is 6.42 Å². The molecule has 0 N–H and O–H groups in total. The van der Waals surface area contributed by atoms with E-state index in [4.69, 9.17) is 0 Å². The van der Waals surface area contributed by atoms with E-state index in [1.807, 2.05) is 6.07 Å². The van der Waals surface area contributed by atoms with E-state index >= 15 is 4.39 Å². The summed E-state index contributed by atoms with van der Waals surface area (Å²) in [5, 5.41) is 0. The SMILES string of the molecule is C=CCCCc1ccc(-c2ccc(-c3ccc(C4CCC(CCCCC)CC4)cc3F)cc2)c(F)c1F. The van der Waals surface area contributed by atoms with E-state index in [1.165, 1.54) is 38.5 Å². The third-order valence-corrected chi connectivity index (χ3v) is 8.05. The Balaban J connectivity index is 1.43. The molecule has 0 spiro atoms. The van der Waals surface area contributed by atoms with Crippen LogP contribution in [-0.4, -0.2) is 0 Å². The third-order valence-electron chi connectivity index (χ3n) is 8.05. The number of allylic oxidation sites excluding steroid dienone is 1. The van der Waals surface area contributed by atoms with Gasteiger partial charge in [0.2, 0.25) is 0 Å². The van der Waals surface area contributed by atoms with E-state index in [0.29, 0.717) is 29.0 Å². The zero-order valence-electron chi connectivity index (χ0n) is 22.0. The number of hydrogen-bond donors (Lipinski definition) is 0. The van der Waals surface area contributed by atoms with Crippen molar-refractivity contribution in [3.05, 3.63) is 95.8 Å². The molecule has 0 heterocycles. The van der Waals surface area contributed by atoms with Crippen molar-refractivity contribution < 1.29 is 13.2 Å². The Morgan fingerprint density at radius 1 is 0.784 bits per heavy atom. The minimum atomic E-state index is -0.834. The molecule has 1 fully saturated rings. The van der Waals surface area contributed by atoms with E-state index in [2.05, 4.69) is 19.6 Å². The predicted molar refractivity (Wildman–Crippen MR) is 149 cm³/mol. The lowest BCUT2D eigenvalue weighted by molar-refractivity contribution is 0.302. The Morgan fingerprint density at radius 3 is 2.11 bits per heavy atom. The molecule has 3 aromatic carbocycles. The van der Waals surface area contributed by atoms with Crippen molar-refractivity contribution in [1.82, 2.24) is 0 Å². The highest BCUT2D eigenvalue weighted by molar-refractivity contribution is 5.71. The van der Waals surface area contributed by atoms with Gasteiger partial charge in [-0.25, -0.2) is 13.2 Å². The van der Waals surface area contributed by atoms with E-state index in [-0.39, 0.29) is 11.4 Å². The number of rotatable bonds is 11. The second-order valence-corrected chi connectivity index (χ2v) is 10.6. The molecule has 4 rings (SSSR count). The van der Waals surface area contributed by atoms with Gasteiger partial charge in [-0.1, -0.05) is 87.2 Å². The maximum Gasteiger partial charge on any atom is 0.166 e. The Kier molecular flexibility index (Phi) is 9.66. The van der Waals surface area contributed by atoms with Gasteiger partial charge in [0, 0.05) is 11.1 Å². The second-order valence-electron chi connectivity index (χ2n) is 10.6. The van der Waals surface area contributed by atoms with Gasteiger partial charge in [-0.05, 0) is 85.1 Å². The highest BCUT2D eigenvalue weighted by Gasteiger charge is 2.23.